The van der Waals surface area contributed by atoms with E-state index < -0.39 is 15.4 Å². The van der Waals surface area contributed by atoms with Crippen molar-refractivity contribution in [2.75, 3.05) is 29.3 Å². The molecule has 0 saturated carbocycles. The minimum absolute atomic E-state index is 0.0177. The van der Waals surface area contributed by atoms with Crippen molar-refractivity contribution in [1.29, 1.82) is 0 Å². The van der Waals surface area contributed by atoms with Crippen molar-refractivity contribution in [2.45, 2.75) is 133 Å². The van der Waals surface area contributed by atoms with Gasteiger partial charge in [-0.15, -0.1) is 0 Å². The van der Waals surface area contributed by atoms with Crippen LogP contribution in [0, 0.1) is 6.92 Å². The Morgan fingerprint density at radius 3 is 1.84 bits per heavy atom. The van der Waals surface area contributed by atoms with Gasteiger partial charge in [-0.3, -0.25) is 23.4 Å². The number of hydrogen-bond donors (Lipinski definition) is 1. The molecule has 16 heteroatoms. The van der Waals surface area contributed by atoms with E-state index in [1.54, 1.807) is 30.9 Å². The van der Waals surface area contributed by atoms with E-state index >= 15 is 0 Å². The zero-order chi connectivity index (χ0) is 51.6. The summed E-state index contributed by atoms with van der Waals surface area (Å²) in [6, 6.07) is 29.9. The van der Waals surface area contributed by atoms with E-state index in [9.17, 15) is 27.6 Å². The number of rotatable bonds is 20. The number of benzene rings is 5. The quantitative estimate of drug-likeness (QED) is 0.0582. The molecule has 384 valence electrons. The van der Waals surface area contributed by atoms with E-state index in [0.717, 1.165) is 78.4 Å². The lowest BCUT2D eigenvalue weighted by atomic mass is 9.98. The van der Waals surface area contributed by atoms with Crippen LogP contribution < -0.4 is 29.3 Å². The zero-order valence-electron chi connectivity index (χ0n) is 42.2. The Balaban J connectivity index is 0.906. The summed E-state index contributed by atoms with van der Waals surface area (Å²) in [5, 5.41) is 1.78. The Hall–Kier alpha value is -5.81. The van der Waals surface area contributed by atoms with Gasteiger partial charge in [0.25, 0.3) is 21.9 Å². The molecule has 4 heterocycles. The highest BCUT2D eigenvalue weighted by molar-refractivity contribution is 8.77. The van der Waals surface area contributed by atoms with Crippen LogP contribution in [0.2, 0.25) is 0 Å². The summed E-state index contributed by atoms with van der Waals surface area (Å²) >= 11 is 0. The van der Waals surface area contributed by atoms with E-state index in [1.807, 2.05) is 103 Å². The van der Waals surface area contributed by atoms with Crippen LogP contribution in [-0.4, -0.2) is 74.0 Å². The molecule has 4 aliphatic rings. The van der Waals surface area contributed by atoms with Gasteiger partial charge in [0, 0.05) is 63.6 Å². The molecule has 5 aromatic carbocycles. The number of carbonyl (C=O) groups excluding carboxylic acids is 4. The van der Waals surface area contributed by atoms with Crippen LogP contribution in [0.15, 0.2) is 91.0 Å². The lowest BCUT2D eigenvalue weighted by Crippen LogP contribution is -2.36. The molecule has 3 amide bonds. The predicted molar refractivity (Wildman–Crippen MR) is 289 cm³/mol. The van der Waals surface area contributed by atoms with Crippen LogP contribution in [0.1, 0.15) is 119 Å². The fourth-order valence-corrected chi connectivity index (χ4v) is 14.5. The summed E-state index contributed by atoms with van der Waals surface area (Å²) in [6.45, 7) is 7.81. The standard InChI is InChI=1S/C57H63N3O10S3/c1-7-50(61)54(73(65,66)68-6)23-36(4)72-71-35(3)16-21-55(62)58-43-25-37(32-69-51-29-39-17-19-44-27-41-12-8-10-14-48(41)59(44)56(63)46(39)22-34(51)2)24-38(26-43)33-70-53-30-40-18-20-45-28-42-13-9-11-15-49(42)60(45)57(64)47(40)31-52(53)67-5/h8-15,22,24-26,29-31,35-36,44-45,54H,7,16-21,23,27-28,32-33H2,1-6H3,(H,58,62)/t35?,36?,44-,45-,54?/m1/s1. The first-order chi connectivity index (χ1) is 35.1. The second-order valence-electron chi connectivity index (χ2n) is 19.6. The van der Waals surface area contributed by atoms with Crippen molar-refractivity contribution in [3.05, 3.63) is 141 Å². The van der Waals surface area contributed by atoms with E-state index in [2.05, 4.69) is 17.4 Å². The molecule has 13 nitrogen and oxygen atoms in total. The third kappa shape index (κ3) is 11.3. The highest BCUT2D eigenvalue weighted by Gasteiger charge is 2.39. The molecule has 0 bridgehead atoms. The number of Topliss-reactive ketones (excluding diaryl/α,β-unsaturated/α-hetero) is 1. The van der Waals surface area contributed by atoms with E-state index in [4.69, 9.17) is 18.4 Å². The second kappa shape index (κ2) is 22.3. The molecule has 0 saturated heterocycles. The Morgan fingerprint density at radius 2 is 1.26 bits per heavy atom. The van der Waals surface area contributed by atoms with Crippen molar-refractivity contribution in [3.63, 3.8) is 0 Å². The van der Waals surface area contributed by atoms with Crippen molar-refractivity contribution in [2.24, 2.45) is 0 Å². The monoisotopic (exact) mass is 1050 g/mol. The van der Waals surface area contributed by atoms with Crippen molar-refractivity contribution in [3.8, 4) is 17.2 Å². The van der Waals surface area contributed by atoms with Gasteiger partial charge in [-0.25, -0.2) is 0 Å². The number of methoxy groups -OCH3 is 1. The summed E-state index contributed by atoms with van der Waals surface area (Å²) in [7, 11) is 1.69. The highest BCUT2D eigenvalue weighted by atomic mass is 33.1. The molecule has 73 heavy (non-hydrogen) atoms. The van der Waals surface area contributed by atoms with Crippen LogP contribution in [0.3, 0.4) is 0 Å². The SMILES string of the molecule is CCC(=O)C(CC(C)SSC(C)CCC(=O)Nc1cc(COc2cc3c(cc2C)C(=O)N2c4ccccc4C[C@H]2CC3)cc(COc2cc3c(cc2OC)C(=O)N2c4ccccc4C[C@H]2CC3)c1)S(=O)(=O)OC. The number of aryl methyl sites for hydroxylation is 3. The van der Waals surface area contributed by atoms with Crippen molar-refractivity contribution >= 4 is 72.3 Å². The molecule has 9 rings (SSSR count). The topological polar surface area (TPSA) is 158 Å². The van der Waals surface area contributed by atoms with Crippen LogP contribution in [0.25, 0.3) is 0 Å². The van der Waals surface area contributed by atoms with Crippen LogP contribution in [-0.2, 0) is 62.8 Å². The lowest BCUT2D eigenvalue weighted by Gasteiger charge is -2.23. The molecule has 0 aliphatic carbocycles. The number of para-hydroxylation sites is 2. The summed E-state index contributed by atoms with van der Waals surface area (Å²) in [6.07, 6.45) is 5.80. The maximum Gasteiger partial charge on any atom is 0.277 e. The van der Waals surface area contributed by atoms with Crippen LogP contribution in [0.4, 0.5) is 17.1 Å². The summed E-state index contributed by atoms with van der Waals surface area (Å²) in [4.78, 5) is 58.3. The fraction of sp³-hybridized carbons (Fsp3) is 0.404. The van der Waals surface area contributed by atoms with Crippen LogP contribution in [0.5, 0.6) is 17.2 Å². The van der Waals surface area contributed by atoms with Gasteiger partial charge in [-0.1, -0.05) is 78.8 Å². The lowest BCUT2D eigenvalue weighted by molar-refractivity contribution is -0.118. The molecule has 0 spiro atoms. The summed E-state index contributed by atoms with van der Waals surface area (Å²) < 4.78 is 48.6. The molecular formula is C57H63N3O10S3. The second-order valence-corrected chi connectivity index (χ2v) is 24.6. The van der Waals surface area contributed by atoms with E-state index in [-0.39, 0.29) is 78.6 Å². The molecule has 4 aliphatic heterocycles. The predicted octanol–water partition coefficient (Wildman–Crippen LogP) is 10.8. The number of carbonyl (C=O) groups is 4. The van der Waals surface area contributed by atoms with Crippen molar-refractivity contribution < 1.29 is 46.0 Å². The summed E-state index contributed by atoms with van der Waals surface area (Å²) in [5.41, 5.74) is 10.5. The first-order valence-electron chi connectivity index (χ1n) is 25.1. The first-order valence-corrected chi connectivity index (χ1v) is 28.9. The molecule has 0 aromatic heterocycles. The Morgan fingerprint density at radius 1 is 0.712 bits per heavy atom. The number of fused-ring (bicyclic) bond motifs is 8. The molecule has 1 N–H and O–H groups in total. The molecule has 5 aromatic rings. The molecule has 3 unspecified atom stereocenters. The number of anilines is 3. The largest absolute Gasteiger partial charge is 0.493 e. The average Bonchev–Trinajstić information content (AvgIpc) is 3.88. The maximum absolute atomic E-state index is 14.1. The Kier molecular flexibility index (Phi) is 15.9. The van der Waals surface area contributed by atoms with Gasteiger partial charge in [0.15, 0.2) is 17.3 Å². The Labute approximate surface area is 436 Å². The third-order valence-electron chi connectivity index (χ3n) is 14.4. The molecule has 5 atom stereocenters. The molecule has 0 radical (unpaired) electrons. The van der Waals surface area contributed by atoms with Crippen molar-refractivity contribution in [1.82, 2.24) is 0 Å². The van der Waals surface area contributed by atoms with Gasteiger partial charge < -0.3 is 29.3 Å². The van der Waals surface area contributed by atoms with Gasteiger partial charge in [0.2, 0.25) is 5.91 Å². The normalized spacial score (nSPS) is 17.9. The third-order valence-corrected chi connectivity index (χ3v) is 19.6. The number of ketones is 1. The van der Waals surface area contributed by atoms with Gasteiger partial charge in [-0.05, 0) is 152 Å². The minimum Gasteiger partial charge on any atom is -0.493 e. The van der Waals surface area contributed by atoms with Gasteiger partial charge in [0.1, 0.15) is 24.2 Å². The number of nitrogens with zero attached hydrogens (tertiary/aromatic N) is 2. The molecular weight excluding hydrogens is 983 g/mol. The van der Waals surface area contributed by atoms with Gasteiger partial charge in [0.05, 0.1) is 14.2 Å². The fourth-order valence-electron chi connectivity index (χ4n) is 10.6. The minimum atomic E-state index is -4.01. The smallest absolute Gasteiger partial charge is 0.277 e. The highest BCUT2D eigenvalue weighted by Crippen LogP contribution is 2.42. The molecule has 0 fully saturated rings. The van der Waals surface area contributed by atoms with Gasteiger partial charge >= 0.3 is 0 Å². The van der Waals surface area contributed by atoms with Gasteiger partial charge in [-0.2, -0.15) is 8.42 Å². The summed E-state index contributed by atoms with van der Waals surface area (Å²) in [5.74, 6) is 1.06. The zero-order valence-corrected chi connectivity index (χ0v) is 44.7. The number of hydrogen-bond acceptors (Lipinski definition) is 12. The number of amides is 3. The number of nitrogens with one attached hydrogen (secondary N) is 1. The Bertz CT molecular complexity index is 3050. The van der Waals surface area contributed by atoms with Crippen LogP contribution >= 0.6 is 21.6 Å². The average molecular weight is 1050 g/mol. The maximum atomic E-state index is 14.1. The number of ether oxygens (including phenoxy) is 3. The van der Waals surface area contributed by atoms with E-state index in [0.29, 0.717) is 46.9 Å². The van der Waals surface area contributed by atoms with E-state index in [1.165, 1.54) is 21.9 Å². The first kappa shape index (κ1) is 52.1.